The molecule has 3 amide bonds. The molecule has 1 aliphatic rings. The van der Waals surface area contributed by atoms with Crippen LogP contribution in [0.2, 0.25) is 0 Å². The number of carbonyl (C=O) groups is 2. The van der Waals surface area contributed by atoms with Gasteiger partial charge in [0.2, 0.25) is 0 Å². The molecule has 2 aromatic heterocycles. The first-order valence-electron chi connectivity index (χ1n) is 12.6. The third-order valence-electron chi connectivity index (χ3n) is 6.31. The van der Waals surface area contributed by atoms with Gasteiger partial charge in [-0.1, -0.05) is 25.7 Å². The number of hydrogen-bond donors (Lipinski definition) is 3. The maximum Gasteiger partial charge on any atom is 0.408 e. The first kappa shape index (κ1) is 29.4. The summed E-state index contributed by atoms with van der Waals surface area (Å²) < 4.78 is 38.6. The molecule has 0 spiro atoms. The molecule has 3 heterocycles. The highest BCUT2D eigenvalue weighted by atomic mass is 19.4. The molecule has 13 heteroatoms. The van der Waals surface area contributed by atoms with Gasteiger partial charge in [-0.15, -0.1) is 0 Å². The van der Waals surface area contributed by atoms with Gasteiger partial charge in [0, 0.05) is 30.0 Å². The summed E-state index contributed by atoms with van der Waals surface area (Å²) in [5, 5.41) is 9.10. The molecule has 1 saturated heterocycles. The molecule has 0 radical (unpaired) electrons. The Morgan fingerprint density at radius 1 is 1.28 bits per heavy atom. The van der Waals surface area contributed by atoms with Gasteiger partial charge >= 0.3 is 12.2 Å². The summed E-state index contributed by atoms with van der Waals surface area (Å²) in [6.07, 6.45) is 6.62. The number of amides is 3. The van der Waals surface area contributed by atoms with Gasteiger partial charge in [-0.05, 0) is 51.2 Å². The second-order valence-corrected chi connectivity index (χ2v) is 9.17. The number of hydrogen-bond acceptors (Lipinski definition) is 6. The second-order valence-electron chi connectivity index (χ2n) is 9.17. The van der Waals surface area contributed by atoms with E-state index >= 15 is 0 Å². The Bertz CT molecular complexity index is 1330. The van der Waals surface area contributed by atoms with Gasteiger partial charge in [0.15, 0.2) is 5.82 Å². The number of amidine groups is 1. The fourth-order valence-electron chi connectivity index (χ4n) is 4.32. The molecule has 39 heavy (non-hydrogen) atoms. The molecule has 0 aliphatic carbocycles. The lowest BCUT2D eigenvalue weighted by atomic mass is 9.98. The number of nitrogens with zero attached hydrogens (tertiary/aromatic N) is 5. The number of rotatable bonds is 7. The smallest absolute Gasteiger partial charge is 0.382 e. The van der Waals surface area contributed by atoms with Gasteiger partial charge < -0.3 is 16.0 Å². The summed E-state index contributed by atoms with van der Waals surface area (Å²) in [5.41, 5.74) is 8.56. The highest BCUT2D eigenvalue weighted by Gasteiger charge is 2.29. The number of carbonyl (C=O) groups excluding carboxylic acids is 2. The summed E-state index contributed by atoms with van der Waals surface area (Å²) in [4.78, 5) is 35.2. The fraction of sp³-hybridized carbons (Fsp3) is 0.423. The van der Waals surface area contributed by atoms with Crippen LogP contribution in [0.15, 0.2) is 48.0 Å². The number of aromatic nitrogens is 3. The van der Waals surface area contributed by atoms with Gasteiger partial charge in [-0.25, -0.2) is 14.3 Å². The minimum atomic E-state index is -4.47. The van der Waals surface area contributed by atoms with Crippen molar-refractivity contribution in [2.45, 2.75) is 58.7 Å². The van der Waals surface area contributed by atoms with Crippen LogP contribution in [-0.4, -0.2) is 62.6 Å². The van der Waals surface area contributed by atoms with E-state index in [1.807, 2.05) is 11.8 Å². The summed E-state index contributed by atoms with van der Waals surface area (Å²) in [7, 11) is 0. The van der Waals surface area contributed by atoms with E-state index in [0.717, 1.165) is 19.3 Å². The van der Waals surface area contributed by atoms with Crippen molar-refractivity contribution in [1.29, 1.82) is 0 Å². The van der Waals surface area contributed by atoms with E-state index < -0.39 is 18.8 Å². The van der Waals surface area contributed by atoms with Crippen LogP contribution in [0.5, 0.6) is 0 Å². The number of nitrogens with two attached hydrogens (primary N) is 1. The summed E-state index contributed by atoms with van der Waals surface area (Å²) in [5.74, 6) is -0.140. The normalized spacial score (nSPS) is 17.3. The van der Waals surface area contributed by atoms with E-state index in [0.29, 0.717) is 40.9 Å². The summed E-state index contributed by atoms with van der Waals surface area (Å²) >= 11 is 0. The van der Waals surface area contributed by atoms with Gasteiger partial charge in [0.1, 0.15) is 24.2 Å². The molecule has 4 N–H and O–H groups in total. The molecular formula is C26H33F3N8O2. The van der Waals surface area contributed by atoms with Gasteiger partial charge in [0.25, 0.3) is 5.91 Å². The molecule has 1 unspecified atom stereocenters. The lowest BCUT2D eigenvalue weighted by molar-refractivity contribution is -0.118. The van der Waals surface area contributed by atoms with E-state index in [1.165, 1.54) is 17.8 Å². The highest BCUT2D eigenvalue weighted by Crippen LogP contribution is 2.32. The summed E-state index contributed by atoms with van der Waals surface area (Å²) in [6.45, 7) is 8.24. The maximum atomic E-state index is 13.7. The van der Waals surface area contributed by atoms with Crippen molar-refractivity contribution in [1.82, 2.24) is 30.1 Å². The molecule has 1 fully saturated rings. The number of nitrogens with one attached hydrogen (secondary N) is 2. The molecule has 0 saturated carbocycles. The monoisotopic (exact) mass is 546 g/mol. The standard InChI is InChI=1S/C26H33F3N8O2/c1-5-18(10-11-19(6-2)35-25(39)34-17(4)31-14-26(27,28)29)21-20(13-37-22(21)23(30)32-15-33-37)24(38)36-12-8-7-9-16(36)3/h5,10-11,13,15-16H,1,6-9,12,14H2,2-4H3,(H2,30,32,33)(H2,31,34,35,39)/b18-10+,19-11+. The minimum absolute atomic E-state index is 0.0825. The van der Waals surface area contributed by atoms with Crippen molar-refractivity contribution in [3.63, 3.8) is 0 Å². The maximum absolute atomic E-state index is 13.7. The Balaban J connectivity index is 1.95. The first-order valence-corrected chi connectivity index (χ1v) is 12.6. The number of alkyl halides is 3. The zero-order chi connectivity index (χ0) is 28.7. The van der Waals surface area contributed by atoms with Crippen LogP contribution in [0.4, 0.5) is 23.8 Å². The number of allylic oxidation sites excluding steroid dienone is 5. The largest absolute Gasteiger partial charge is 0.408 e. The molecule has 1 atom stereocenters. The third kappa shape index (κ3) is 7.45. The number of fused-ring (bicyclic) bond motifs is 1. The number of urea groups is 1. The zero-order valence-corrected chi connectivity index (χ0v) is 22.2. The molecule has 0 bridgehead atoms. The SMILES string of the molecule is C=C/C(=C\C=C(/CC)NC(=O)NC(C)=NCC(F)(F)F)c1c(C(=O)N2CCCCC2C)cn2ncnc(N)c12. The number of likely N-dealkylation sites (tertiary alicyclic amines) is 1. The van der Waals surface area contributed by atoms with Gasteiger partial charge in [-0.2, -0.15) is 18.3 Å². The van der Waals surface area contributed by atoms with E-state index in [1.54, 1.807) is 31.3 Å². The third-order valence-corrected chi connectivity index (χ3v) is 6.31. The topological polar surface area (TPSA) is 130 Å². The van der Waals surface area contributed by atoms with Crippen LogP contribution in [-0.2, 0) is 0 Å². The average Bonchev–Trinajstić information content (AvgIpc) is 3.27. The molecule has 0 aromatic carbocycles. The second kappa shape index (κ2) is 12.6. The highest BCUT2D eigenvalue weighted by molar-refractivity contribution is 6.06. The van der Waals surface area contributed by atoms with Gasteiger partial charge in [-0.3, -0.25) is 15.1 Å². The zero-order valence-electron chi connectivity index (χ0n) is 22.2. The Hall–Kier alpha value is -4.16. The molecular weight excluding hydrogens is 513 g/mol. The van der Waals surface area contributed by atoms with E-state index in [2.05, 4.69) is 32.3 Å². The summed E-state index contributed by atoms with van der Waals surface area (Å²) in [6, 6.07) is -0.652. The lowest BCUT2D eigenvalue weighted by Gasteiger charge is -2.33. The molecule has 1 aliphatic heterocycles. The number of nitrogen functional groups attached to an aromatic ring is 1. The van der Waals surface area contributed by atoms with E-state index in [-0.39, 0.29) is 23.6 Å². The van der Waals surface area contributed by atoms with Crippen molar-refractivity contribution in [2.24, 2.45) is 4.99 Å². The number of halogens is 3. The Kier molecular flexibility index (Phi) is 9.49. The predicted molar refractivity (Wildman–Crippen MR) is 144 cm³/mol. The van der Waals surface area contributed by atoms with Crippen LogP contribution in [0.3, 0.4) is 0 Å². The van der Waals surface area contributed by atoms with Gasteiger partial charge in [0.05, 0.1) is 5.56 Å². The molecule has 2 aromatic rings. The van der Waals surface area contributed by atoms with Crippen LogP contribution in [0.1, 0.15) is 62.4 Å². The lowest BCUT2D eigenvalue weighted by Crippen LogP contribution is -2.42. The van der Waals surface area contributed by atoms with Crippen molar-refractivity contribution in [3.05, 3.63) is 54.2 Å². The van der Waals surface area contributed by atoms with Crippen LogP contribution >= 0.6 is 0 Å². The van der Waals surface area contributed by atoms with E-state index in [4.69, 9.17) is 5.73 Å². The van der Waals surface area contributed by atoms with Crippen molar-refractivity contribution in [2.75, 3.05) is 18.8 Å². The molecule has 10 nitrogen and oxygen atoms in total. The number of aliphatic imine (C=N–C) groups is 1. The van der Waals surface area contributed by atoms with Crippen molar-refractivity contribution >= 4 is 34.7 Å². The quantitative estimate of drug-likeness (QED) is 0.268. The Labute approximate surface area is 224 Å². The predicted octanol–water partition coefficient (Wildman–Crippen LogP) is 4.47. The fourth-order valence-corrected chi connectivity index (χ4v) is 4.32. The Morgan fingerprint density at radius 3 is 2.67 bits per heavy atom. The van der Waals surface area contributed by atoms with Crippen LogP contribution < -0.4 is 16.4 Å². The first-order chi connectivity index (χ1) is 18.4. The van der Waals surface area contributed by atoms with Crippen molar-refractivity contribution < 1.29 is 22.8 Å². The molecule has 210 valence electrons. The average molecular weight is 547 g/mol. The van der Waals surface area contributed by atoms with Crippen molar-refractivity contribution in [3.8, 4) is 0 Å². The number of piperidine rings is 1. The molecule has 3 rings (SSSR count). The van der Waals surface area contributed by atoms with Crippen LogP contribution in [0.25, 0.3) is 11.1 Å². The Morgan fingerprint density at radius 2 is 2.03 bits per heavy atom. The van der Waals surface area contributed by atoms with E-state index in [9.17, 15) is 22.8 Å². The number of anilines is 1. The van der Waals surface area contributed by atoms with Crippen LogP contribution in [0, 0.1) is 0 Å². The minimum Gasteiger partial charge on any atom is -0.382 e.